The van der Waals surface area contributed by atoms with Gasteiger partial charge >= 0.3 is 5.97 Å². The lowest BCUT2D eigenvalue weighted by atomic mass is 10.2. The molecule has 0 spiro atoms. The monoisotopic (exact) mass is 402 g/mol. The van der Waals surface area contributed by atoms with E-state index in [0.29, 0.717) is 10.6 Å². The lowest BCUT2D eigenvalue weighted by Gasteiger charge is -2.10. The van der Waals surface area contributed by atoms with E-state index in [1.54, 1.807) is 7.05 Å². The van der Waals surface area contributed by atoms with Crippen LogP contribution in [0.4, 0.5) is 5.69 Å². The Morgan fingerprint density at radius 2 is 1.72 bits per heavy atom. The van der Waals surface area contributed by atoms with Gasteiger partial charge in [-0.1, -0.05) is 34.8 Å². The van der Waals surface area contributed by atoms with E-state index in [1.807, 2.05) is 0 Å². The summed E-state index contributed by atoms with van der Waals surface area (Å²) in [5.74, 6) is -1.54. The second-order valence-corrected chi connectivity index (χ2v) is 6.40. The zero-order chi connectivity index (χ0) is 18.7. The number of carbonyl (C=O) groups is 3. The van der Waals surface area contributed by atoms with Crippen LogP contribution in [0.15, 0.2) is 24.4 Å². The molecule has 25 heavy (non-hydrogen) atoms. The summed E-state index contributed by atoms with van der Waals surface area (Å²) in [6.45, 7) is 0.839. The van der Waals surface area contributed by atoms with E-state index in [4.69, 9.17) is 39.5 Å². The quantitative estimate of drug-likeness (QED) is 0.605. The Hall–Kier alpha value is -2.02. The van der Waals surface area contributed by atoms with Crippen molar-refractivity contribution in [1.82, 2.24) is 4.57 Å². The topological polar surface area (TPSA) is 77.4 Å². The van der Waals surface area contributed by atoms with Gasteiger partial charge in [0.2, 0.25) is 0 Å². The Morgan fingerprint density at radius 1 is 1.12 bits per heavy atom. The van der Waals surface area contributed by atoms with Gasteiger partial charge in [-0.2, -0.15) is 0 Å². The van der Waals surface area contributed by atoms with E-state index in [9.17, 15) is 14.4 Å². The average Bonchev–Trinajstić information content (AvgIpc) is 2.90. The van der Waals surface area contributed by atoms with Gasteiger partial charge in [-0.3, -0.25) is 9.59 Å². The number of hydrogen-bond donors (Lipinski definition) is 1. The minimum absolute atomic E-state index is 0.153. The summed E-state index contributed by atoms with van der Waals surface area (Å²) in [6.07, 6.45) is 1.51. The molecule has 0 bridgehead atoms. The van der Waals surface area contributed by atoms with Crippen molar-refractivity contribution in [3.8, 4) is 0 Å². The molecule has 0 saturated heterocycles. The van der Waals surface area contributed by atoms with Crippen LogP contribution in [-0.2, 0) is 16.6 Å². The fourth-order valence-corrected chi connectivity index (χ4v) is 2.91. The highest BCUT2D eigenvalue weighted by Crippen LogP contribution is 2.33. The first-order chi connectivity index (χ1) is 11.7. The molecule has 0 radical (unpaired) electrons. The molecule has 0 saturated carbocycles. The van der Waals surface area contributed by atoms with Crippen LogP contribution in [0.25, 0.3) is 0 Å². The third-order valence-corrected chi connectivity index (χ3v) is 4.04. The van der Waals surface area contributed by atoms with Gasteiger partial charge in [0.05, 0.1) is 15.7 Å². The zero-order valence-corrected chi connectivity index (χ0v) is 15.5. The van der Waals surface area contributed by atoms with Crippen molar-refractivity contribution in [3.05, 3.63) is 50.7 Å². The van der Waals surface area contributed by atoms with Crippen molar-refractivity contribution >= 4 is 58.1 Å². The highest BCUT2D eigenvalue weighted by Gasteiger charge is 2.17. The number of nitrogens with zero attached hydrogens (tertiary/aromatic N) is 1. The Kier molecular flexibility index (Phi) is 6.11. The fourth-order valence-electron chi connectivity index (χ4n) is 2.00. The number of ether oxygens (including phenoxy) is 1. The van der Waals surface area contributed by atoms with Crippen LogP contribution >= 0.6 is 34.8 Å². The molecule has 1 amide bonds. The third kappa shape index (κ3) is 4.75. The summed E-state index contributed by atoms with van der Waals surface area (Å²) < 4.78 is 6.39. The number of amides is 1. The number of halogens is 3. The molecule has 0 fully saturated rings. The fraction of sp³-hybridized carbons (Fsp3) is 0.188. The molecule has 2 rings (SSSR count). The summed E-state index contributed by atoms with van der Waals surface area (Å²) >= 11 is 17.7. The number of aryl methyl sites for hydroxylation is 1. The van der Waals surface area contributed by atoms with Crippen LogP contribution in [0.2, 0.25) is 15.1 Å². The number of Topliss-reactive ketones (excluding diaryl/α,β-unsaturated/α-hetero) is 1. The molecule has 1 aromatic heterocycles. The molecule has 0 aliphatic rings. The predicted octanol–water partition coefficient (Wildman–Crippen LogP) is 3.98. The molecule has 1 aromatic carbocycles. The molecular formula is C16H13Cl3N2O4. The van der Waals surface area contributed by atoms with E-state index in [2.05, 4.69) is 5.32 Å². The van der Waals surface area contributed by atoms with E-state index in [0.717, 1.165) is 0 Å². The number of esters is 1. The second kappa shape index (κ2) is 7.91. The van der Waals surface area contributed by atoms with Crippen LogP contribution < -0.4 is 5.32 Å². The maximum absolute atomic E-state index is 12.0. The number of rotatable bonds is 5. The highest BCUT2D eigenvalue weighted by atomic mass is 35.5. The minimum atomic E-state index is -0.738. The molecule has 1 N–H and O–H groups in total. The Morgan fingerprint density at radius 3 is 2.24 bits per heavy atom. The lowest BCUT2D eigenvalue weighted by Crippen LogP contribution is -2.22. The summed E-state index contributed by atoms with van der Waals surface area (Å²) in [5, 5.41) is 3.09. The van der Waals surface area contributed by atoms with Crippen LogP contribution in [0.3, 0.4) is 0 Å². The number of ketones is 1. The number of nitrogens with one attached hydrogen (secondary N) is 1. The van der Waals surface area contributed by atoms with Crippen molar-refractivity contribution in [1.29, 1.82) is 0 Å². The summed E-state index contributed by atoms with van der Waals surface area (Å²) in [4.78, 5) is 35.3. The molecule has 9 heteroatoms. The maximum atomic E-state index is 12.0. The first-order valence-electron chi connectivity index (χ1n) is 6.98. The van der Waals surface area contributed by atoms with Crippen LogP contribution in [0, 0.1) is 0 Å². The molecule has 2 aromatic rings. The molecule has 132 valence electrons. The Balaban J connectivity index is 2.01. The molecular weight excluding hydrogens is 391 g/mol. The first kappa shape index (κ1) is 19.3. The van der Waals surface area contributed by atoms with Gasteiger partial charge in [0.15, 0.2) is 12.4 Å². The van der Waals surface area contributed by atoms with Gasteiger partial charge in [-0.25, -0.2) is 4.79 Å². The van der Waals surface area contributed by atoms with E-state index in [-0.39, 0.29) is 27.2 Å². The number of hydrogen-bond acceptors (Lipinski definition) is 4. The highest BCUT2D eigenvalue weighted by molar-refractivity contribution is 6.42. The van der Waals surface area contributed by atoms with Gasteiger partial charge in [-0.15, -0.1) is 0 Å². The number of aromatic nitrogens is 1. The van der Waals surface area contributed by atoms with Gasteiger partial charge in [0.1, 0.15) is 5.69 Å². The molecule has 6 nitrogen and oxygen atoms in total. The summed E-state index contributed by atoms with van der Waals surface area (Å²) in [5.41, 5.74) is 0.700. The second-order valence-electron chi connectivity index (χ2n) is 5.15. The van der Waals surface area contributed by atoms with Crippen LogP contribution in [-0.4, -0.2) is 28.8 Å². The van der Waals surface area contributed by atoms with Gasteiger partial charge < -0.3 is 14.6 Å². The zero-order valence-electron chi connectivity index (χ0n) is 13.2. The predicted molar refractivity (Wildman–Crippen MR) is 95.8 cm³/mol. The standard InChI is InChI=1S/C16H13Cl3N2O4/c1-8(22)9-3-13(21(2)6-9)16(24)25-7-14(23)20-15-11(18)4-10(17)5-12(15)19/h3-6H,7H2,1-2H3,(H,20,23). The SMILES string of the molecule is CC(=O)c1cc(C(=O)OCC(=O)Nc2c(Cl)cc(Cl)cc2Cl)n(C)c1. The first-order valence-corrected chi connectivity index (χ1v) is 8.11. The molecule has 0 aliphatic heterocycles. The van der Waals surface area contributed by atoms with Crippen molar-refractivity contribution in [2.45, 2.75) is 6.92 Å². The molecule has 0 aliphatic carbocycles. The molecule has 0 unspecified atom stereocenters. The largest absolute Gasteiger partial charge is 0.451 e. The van der Waals surface area contributed by atoms with E-state index in [1.165, 1.54) is 35.9 Å². The maximum Gasteiger partial charge on any atom is 0.355 e. The number of carbonyl (C=O) groups excluding carboxylic acids is 3. The van der Waals surface area contributed by atoms with E-state index >= 15 is 0 Å². The summed E-state index contributed by atoms with van der Waals surface area (Å²) in [6, 6.07) is 4.24. The van der Waals surface area contributed by atoms with Crippen molar-refractivity contribution in [3.63, 3.8) is 0 Å². The average molecular weight is 404 g/mol. The van der Waals surface area contributed by atoms with Crippen LogP contribution in [0.1, 0.15) is 27.8 Å². The normalized spacial score (nSPS) is 10.4. The third-order valence-electron chi connectivity index (χ3n) is 3.23. The van der Waals surface area contributed by atoms with Crippen LogP contribution in [0.5, 0.6) is 0 Å². The van der Waals surface area contributed by atoms with Gasteiger partial charge in [0, 0.05) is 23.8 Å². The van der Waals surface area contributed by atoms with E-state index < -0.39 is 18.5 Å². The molecule has 1 heterocycles. The Bertz CT molecular complexity index is 838. The van der Waals surface area contributed by atoms with Crippen molar-refractivity contribution in [2.75, 3.05) is 11.9 Å². The van der Waals surface area contributed by atoms with Crippen molar-refractivity contribution in [2.24, 2.45) is 7.05 Å². The molecule has 0 atom stereocenters. The minimum Gasteiger partial charge on any atom is -0.451 e. The lowest BCUT2D eigenvalue weighted by molar-refractivity contribution is -0.119. The number of anilines is 1. The summed E-state index contributed by atoms with van der Waals surface area (Å²) in [7, 11) is 1.59. The van der Waals surface area contributed by atoms with Gasteiger partial charge in [0.25, 0.3) is 5.91 Å². The smallest absolute Gasteiger partial charge is 0.355 e. The van der Waals surface area contributed by atoms with Crippen molar-refractivity contribution < 1.29 is 19.1 Å². The number of benzene rings is 1. The van der Waals surface area contributed by atoms with Gasteiger partial charge in [-0.05, 0) is 25.1 Å². The Labute approximate surface area is 158 Å².